The Hall–Kier alpha value is -0.430. The zero-order chi connectivity index (χ0) is 12.3. The molecule has 0 spiro atoms. The summed E-state index contributed by atoms with van der Waals surface area (Å²) in [6, 6.07) is -0.631. The SMILES string of the molecule is CC(C)C(N)C(=O)C1(C(=O)CN)NCCS1. The minimum atomic E-state index is -1.20. The van der Waals surface area contributed by atoms with Gasteiger partial charge in [0.15, 0.2) is 16.4 Å². The lowest BCUT2D eigenvalue weighted by Gasteiger charge is -2.29. The van der Waals surface area contributed by atoms with Crippen molar-refractivity contribution in [2.75, 3.05) is 18.8 Å². The largest absolute Gasteiger partial charge is 0.324 e. The fraction of sp³-hybridized carbons (Fsp3) is 0.800. The predicted molar refractivity (Wildman–Crippen MR) is 65.1 cm³/mol. The van der Waals surface area contributed by atoms with Gasteiger partial charge in [-0.15, -0.1) is 11.8 Å². The van der Waals surface area contributed by atoms with Crippen LogP contribution in [-0.4, -0.2) is 41.3 Å². The number of thioether (sulfide) groups is 1. The summed E-state index contributed by atoms with van der Waals surface area (Å²) < 4.78 is 0. The van der Waals surface area contributed by atoms with Gasteiger partial charge in [-0.1, -0.05) is 13.8 Å². The Bertz CT molecular complexity index is 288. The second kappa shape index (κ2) is 5.27. The summed E-state index contributed by atoms with van der Waals surface area (Å²) in [4.78, 5) is 22.8. The molecule has 1 fully saturated rings. The van der Waals surface area contributed by atoms with Crippen LogP contribution in [0, 0.1) is 5.92 Å². The van der Waals surface area contributed by atoms with Gasteiger partial charge in [0.25, 0.3) is 0 Å². The van der Waals surface area contributed by atoms with Crippen molar-refractivity contribution in [1.29, 1.82) is 0 Å². The molecule has 5 N–H and O–H groups in total. The Morgan fingerprint density at radius 1 is 1.50 bits per heavy atom. The van der Waals surface area contributed by atoms with Crippen LogP contribution in [-0.2, 0) is 9.59 Å². The minimum absolute atomic E-state index is 0.0120. The molecule has 0 bridgehead atoms. The number of Topliss-reactive ketones (excluding diaryl/α,β-unsaturated/α-hetero) is 2. The molecular weight excluding hydrogens is 226 g/mol. The Labute approximate surface area is 99.7 Å². The van der Waals surface area contributed by atoms with E-state index >= 15 is 0 Å². The molecule has 92 valence electrons. The lowest BCUT2D eigenvalue weighted by molar-refractivity contribution is -0.132. The van der Waals surface area contributed by atoms with Crippen molar-refractivity contribution in [3.8, 4) is 0 Å². The first kappa shape index (κ1) is 13.6. The summed E-state index contributed by atoms with van der Waals surface area (Å²) in [7, 11) is 0. The number of carbonyl (C=O) groups excluding carboxylic acids is 2. The third-order valence-electron chi connectivity index (χ3n) is 2.74. The van der Waals surface area contributed by atoms with Crippen molar-refractivity contribution in [2.24, 2.45) is 17.4 Å². The van der Waals surface area contributed by atoms with Crippen LogP contribution in [0.1, 0.15) is 13.8 Å². The summed E-state index contributed by atoms with van der Waals surface area (Å²) in [6.45, 7) is 4.22. The van der Waals surface area contributed by atoms with Crippen LogP contribution in [0.15, 0.2) is 0 Å². The highest BCUT2D eigenvalue weighted by Crippen LogP contribution is 2.31. The number of nitrogens with one attached hydrogen (secondary N) is 1. The number of nitrogens with two attached hydrogens (primary N) is 2. The topological polar surface area (TPSA) is 98.2 Å². The maximum absolute atomic E-state index is 12.2. The van der Waals surface area contributed by atoms with Crippen LogP contribution in [0.25, 0.3) is 0 Å². The molecule has 16 heavy (non-hydrogen) atoms. The molecular formula is C10H19N3O2S. The number of hydrogen-bond donors (Lipinski definition) is 3. The summed E-state index contributed by atoms with van der Waals surface area (Å²) in [5, 5.41) is 2.96. The Balaban J connectivity index is 2.94. The van der Waals surface area contributed by atoms with Crippen molar-refractivity contribution < 1.29 is 9.59 Å². The quantitative estimate of drug-likeness (QED) is 0.543. The summed E-state index contributed by atoms with van der Waals surface area (Å²) in [5.41, 5.74) is 11.2. The van der Waals surface area contributed by atoms with Crippen molar-refractivity contribution >= 4 is 23.3 Å². The van der Waals surface area contributed by atoms with E-state index in [1.165, 1.54) is 11.8 Å². The van der Waals surface area contributed by atoms with E-state index in [0.29, 0.717) is 6.54 Å². The molecule has 1 saturated heterocycles. The smallest absolute Gasteiger partial charge is 0.187 e. The van der Waals surface area contributed by atoms with E-state index in [9.17, 15) is 9.59 Å². The van der Waals surface area contributed by atoms with Gasteiger partial charge in [0, 0.05) is 12.3 Å². The Morgan fingerprint density at radius 3 is 2.50 bits per heavy atom. The molecule has 1 aliphatic heterocycles. The molecule has 1 aliphatic rings. The van der Waals surface area contributed by atoms with Crippen molar-refractivity contribution in [1.82, 2.24) is 5.32 Å². The highest BCUT2D eigenvalue weighted by atomic mass is 32.2. The van der Waals surface area contributed by atoms with Crippen LogP contribution in [0.4, 0.5) is 0 Å². The van der Waals surface area contributed by atoms with Gasteiger partial charge in [-0.05, 0) is 5.92 Å². The van der Waals surface area contributed by atoms with Gasteiger partial charge in [0.05, 0.1) is 12.6 Å². The van der Waals surface area contributed by atoms with Gasteiger partial charge in [-0.25, -0.2) is 0 Å². The lowest BCUT2D eigenvalue weighted by atomic mass is 9.93. The number of ketones is 2. The van der Waals surface area contributed by atoms with E-state index in [1.807, 2.05) is 13.8 Å². The fourth-order valence-corrected chi connectivity index (χ4v) is 2.88. The third kappa shape index (κ3) is 2.29. The average molecular weight is 245 g/mol. The van der Waals surface area contributed by atoms with E-state index in [4.69, 9.17) is 11.5 Å². The predicted octanol–water partition coefficient (Wildman–Crippen LogP) is -0.901. The zero-order valence-electron chi connectivity index (χ0n) is 9.66. The lowest BCUT2D eigenvalue weighted by Crippen LogP contribution is -2.60. The van der Waals surface area contributed by atoms with Crippen LogP contribution < -0.4 is 16.8 Å². The van der Waals surface area contributed by atoms with Gasteiger partial charge >= 0.3 is 0 Å². The molecule has 0 radical (unpaired) electrons. The van der Waals surface area contributed by atoms with Gasteiger partial charge in [0.1, 0.15) is 0 Å². The number of hydrogen-bond acceptors (Lipinski definition) is 6. The molecule has 6 heteroatoms. The molecule has 0 aromatic carbocycles. The Morgan fingerprint density at radius 2 is 2.12 bits per heavy atom. The first-order valence-electron chi connectivity index (χ1n) is 5.38. The molecule has 0 aromatic rings. The van der Waals surface area contributed by atoms with Crippen molar-refractivity contribution in [3.63, 3.8) is 0 Å². The molecule has 2 atom stereocenters. The molecule has 2 unspecified atom stereocenters. The molecule has 0 aromatic heterocycles. The Kier molecular flexibility index (Phi) is 4.49. The van der Waals surface area contributed by atoms with E-state index in [-0.39, 0.29) is 24.0 Å². The fourth-order valence-electron chi connectivity index (χ4n) is 1.64. The van der Waals surface area contributed by atoms with Crippen molar-refractivity contribution in [2.45, 2.75) is 24.8 Å². The number of rotatable bonds is 5. The average Bonchev–Trinajstić information content (AvgIpc) is 2.76. The summed E-state index contributed by atoms with van der Waals surface area (Å²) in [5.74, 6) is 0.206. The zero-order valence-corrected chi connectivity index (χ0v) is 10.5. The second-order valence-corrected chi connectivity index (χ2v) is 5.53. The normalized spacial score (nSPS) is 27.1. The summed E-state index contributed by atoms with van der Waals surface area (Å²) in [6.07, 6.45) is 0. The van der Waals surface area contributed by atoms with E-state index in [2.05, 4.69) is 5.32 Å². The van der Waals surface area contributed by atoms with Crippen LogP contribution >= 0.6 is 11.8 Å². The van der Waals surface area contributed by atoms with E-state index < -0.39 is 10.9 Å². The van der Waals surface area contributed by atoms with E-state index in [0.717, 1.165) is 5.75 Å². The van der Waals surface area contributed by atoms with Gasteiger partial charge in [-0.2, -0.15) is 0 Å². The molecule has 0 saturated carbocycles. The van der Waals surface area contributed by atoms with Gasteiger partial charge in [0.2, 0.25) is 0 Å². The molecule has 1 heterocycles. The first-order valence-corrected chi connectivity index (χ1v) is 6.36. The van der Waals surface area contributed by atoms with Crippen molar-refractivity contribution in [3.05, 3.63) is 0 Å². The molecule has 1 rings (SSSR count). The van der Waals surface area contributed by atoms with E-state index in [1.54, 1.807) is 0 Å². The standard InChI is InChI=1S/C10H19N3O2S/c1-6(2)8(12)9(15)10(7(14)5-11)13-3-4-16-10/h6,8,13H,3-5,11-12H2,1-2H3. The maximum Gasteiger partial charge on any atom is 0.187 e. The van der Waals surface area contributed by atoms with Crippen LogP contribution in [0.3, 0.4) is 0 Å². The summed E-state index contributed by atoms with van der Waals surface area (Å²) >= 11 is 1.31. The molecule has 0 aliphatic carbocycles. The van der Waals surface area contributed by atoms with Gasteiger partial charge < -0.3 is 11.5 Å². The van der Waals surface area contributed by atoms with Crippen LogP contribution in [0.2, 0.25) is 0 Å². The first-order chi connectivity index (χ1) is 7.45. The second-order valence-electron chi connectivity index (χ2n) is 4.22. The number of carbonyl (C=O) groups is 2. The molecule has 5 nitrogen and oxygen atoms in total. The minimum Gasteiger partial charge on any atom is -0.324 e. The van der Waals surface area contributed by atoms with Crippen LogP contribution in [0.5, 0.6) is 0 Å². The monoisotopic (exact) mass is 245 g/mol. The molecule has 0 amide bonds. The third-order valence-corrected chi connectivity index (χ3v) is 4.16. The van der Waals surface area contributed by atoms with Gasteiger partial charge in [-0.3, -0.25) is 14.9 Å². The highest BCUT2D eigenvalue weighted by Gasteiger charge is 2.49. The highest BCUT2D eigenvalue weighted by molar-refractivity contribution is 8.02. The maximum atomic E-state index is 12.2.